The van der Waals surface area contributed by atoms with Gasteiger partial charge in [-0.25, -0.2) is 0 Å². The van der Waals surface area contributed by atoms with E-state index in [1.54, 1.807) is 6.07 Å². The summed E-state index contributed by atoms with van der Waals surface area (Å²) in [5, 5.41) is 7.34. The van der Waals surface area contributed by atoms with Gasteiger partial charge in [-0.15, -0.1) is 0 Å². The van der Waals surface area contributed by atoms with E-state index in [0.29, 0.717) is 16.9 Å². The summed E-state index contributed by atoms with van der Waals surface area (Å²) in [5.41, 5.74) is 2.11. The quantitative estimate of drug-likeness (QED) is 0.576. The van der Waals surface area contributed by atoms with Crippen molar-refractivity contribution >= 4 is 17.2 Å². The van der Waals surface area contributed by atoms with Crippen molar-refractivity contribution < 1.29 is 14.4 Å². The number of Topliss-reactive ketones (excluding diaryl/α,β-unsaturated/α-hetero) is 2. The first-order chi connectivity index (χ1) is 9.58. The molecule has 0 aliphatic carbocycles. The summed E-state index contributed by atoms with van der Waals surface area (Å²) in [4.78, 5) is 24.8. The highest BCUT2D eigenvalue weighted by molar-refractivity contribution is 6.04. The summed E-state index contributed by atoms with van der Waals surface area (Å²) in [6.07, 6.45) is 0. The largest absolute Gasteiger partial charge is 0.297 e. The van der Waals surface area contributed by atoms with Gasteiger partial charge in [0.2, 0.25) is 5.78 Å². The predicted molar refractivity (Wildman–Crippen MR) is 71.1 cm³/mol. The number of benzene rings is 1. The molecule has 0 saturated carbocycles. The molecule has 0 bridgehead atoms. The molecule has 6 heteroatoms. The third-order valence-corrected chi connectivity index (χ3v) is 3.10. The maximum Gasteiger partial charge on any atom is 0.297 e. The highest BCUT2D eigenvalue weighted by atomic mass is 16.1. The first kappa shape index (κ1) is 12.3. The number of carbonyl (C=O) groups excluding carboxylic acids is 2. The van der Waals surface area contributed by atoms with Crippen molar-refractivity contribution in [2.75, 3.05) is 0 Å². The number of fused-ring (bicyclic) bond motifs is 1. The fourth-order valence-corrected chi connectivity index (χ4v) is 2.11. The molecular weight excluding hydrogens is 256 g/mol. The van der Waals surface area contributed by atoms with Crippen molar-refractivity contribution in [3.05, 3.63) is 47.7 Å². The number of aromatic nitrogens is 4. The summed E-state index contributed by atoms with van der Waals surface area (Å²) < 4.78 is 1.53. The van der Waals surface area contributed by atoms with E-state index in [1.165, 1.54) is 23.2 Å². The molecule has 3 rings (SSSR count). The molecule has 6 nitrogen and oxygen atoms in total. The van der Waals surface area contributed by atoms with Gasteiger partial charge in [-0.1, -0.05) is 27.9 Å². The van der Waals surface area contributed by atoms with Crippen LogP contribution in [-0.2, 0) is 0 Å². The Bertz CT molecular complexity index is 768. The second kappa shape index (κ2) is 4.41. The maximum absolute atomic E-state index is 11.7. The van der Waals surface area contributed by atoms with Gasteiger partial charge in [0.15, 0.2) is 17.2 Å². The Kier molecular flexibility index (Phi) is 2.71. The Morgan fingerprint density at radius 1 is 1.15 bits per heavy atom. The first-order valence-electron chi connectivity index (χ1n) is 6.19. The van der Waals surface area contributed by atoms with Crippen molar-refractivity contribution in [2.24, 2.45) is 0 Å². The minimum absolute atomic E-state index is 0.123. The van der Waals surface area contributed by atoms with Crippen molar-refractivity contribution in [3.63, 3.8) is 0 Å². The Hall–Kier alpha value is -2.76. The molecule has 0 aliphatic heterocycles. The number of ketones is 2. The molecule has 1 aromatic carbocycles. The van der Waals surface area contributed by atoms with E-state index in [-0.39, 0.29) is 11.6 Å². The Morgan fingerprint density at radius 3 is 2.45 bits per heavy atom. The van der Waals surface area contributed by atoms with E-state index in [9.17, 15) is 9.59 Å². The lowest BCUT2D eigenvalue weighted by molar-refractivity contribution is -0.716. The van der Waals surface area contributed by atoms with Crippen LogP contribution in [0.2, 0.25) is 0 Å². The fraction of sp³-hybridized carbons (Fsp3) is 0.143. The molecule has 0 amide bonds. The number of para-hydroxylation sites is 1. The number of nitrogens with one attached hydrogen (secondary N) is 1. The second-order valence-electron chi connectivity index (χ2n) is 4.56. The van der Waals surface area contributed by atoms with E-state index in [2.05, 4.69) is 10.3 Å². The molecule has 0 spiro atoms. The van der Waals surface area contributed by atoms with Gasteiger partial charge in [-0.3, -0.25) is 9.59 Å². The summed E-state index contributed by atoms with van der Waals surface area (Å²) >= 11 is 0. The van der Waals surface area contributed by atoms with Crippen LogP contribution in [0.1, 0.15) is 34.7 Å². The summed E-state index contributed by atoms with van der Waals surface area (Å²) in [6, 6.07) is 11.0. The van der Waals surface area contributed by atoms with Crippen LogP contribution in [0.25, 0.3) is 11.3 Å². The third-order valence-electron chi connectivity index (χ3n) is 3.10. The van der Waals surface area contributed by atoms with Crippen molar-refractivity contribution in [1.29, 1.82) is 0 Å². The molecule has 3 aromatic rings. The Labute approximate surface area is 114 Å². The standard InChI is InChI=1S/C14H12N4O2/c1-9(19)12-8-13(10(2)20)17-14(12)15-18(16-17)11-6-4-3-5-7-11/h3-8H,1-2H3/p+1. The van der Waals surface area contributed by atoms with Crippen molar-refractivity contribution in [3.8, 4) is 5.69 Å². The van der Waals surface area contributed by atoms with Gasteiger partial charge in [0.05, 0.1) is 5.56 Å². The van der Waals surface area contributed by atoms with Crippen LogP contribution in [-0.4, -0.2) is 26.4 Å². The smallest absolute Gasteiger partial charge is 0.294 e. The highest BCUT2D eigenvalue weighted by Gasteiger charge is 2.25. The molecule has 0 fully saturated rings. The molecule has 2 heterocycles. The molecule has 0 radical (unpaired) electrons. The number of carbonyl (C=O) groups is 2. The van der Waals surface area contributed by atoms with E-state index in [1.807, 2.05) is 30.3 Å². The monoisotopic (exact) mass is 269 g/mol. The molecule has 0 unspecified atom stereocenters. The first-order valence-corrected chi connectivity index (χ1v) is 6.19. The molecule has 0 saturated heterocycles. The average molecular weight is 269 g/mol. The van der Waals surface area contributed by atoms with Gasteiger partial charge in [0.1, 0.15) is 0 Å². The summed E-state index contributed by atoms with van der Waals surface area (Å²) in [6.45, 7) is 2.92. The van der Waals surface area contributed by atoms with Gasteiger partial charge >= 0.3 is 0 Å². The topological polar surface area (TPSA) is 71.1 Å². The van der Waals surface area contributed by atoms with Crippen LogP contribution in [0.5, 0.6) is 0 Å². The van der Waals surface area contributed by atoms with Crippen LogP contribution >= 0.6 is 0 Å². The normalized spacial score (nSPS) is 10.9. The van der Waals surface area contributed by atoms with E-state index in [0.717, 1.165) is 5.69 Å². The van der Waals surface area contributed by atoms with Gasteiger partial charge < -0.3 is 0 Å². The van der Waals surface area contributed by atoms with Crippen molar-refractivity contribution in [1.82, 2.24) is 14.8 Å². The van der Waals surface area contributed by atoms with Crippen LogP contribution < -0.4 is 4.80 Å². The zero-order valence-corrected chi connectivity index (χ0v) is 11.1. The average Bonchev–Trinajstić information content (AvgIpc) is 2.97. The Morgan fingerprint density at radius 2 is 1.85 bits per heavy atom. The Balaban J connectivity index is 2.27. The maximum atomic E-state index is 11.7. The minimum Gasteiger partial charge on any atom is -0.294 e. The molecule has 20 heavy (non-hydrogen) atoms. The number of hydrogen-bond donors (Lipinski definition) is 1. The molecule has 2 aromatic heterocycles. The summed E-state index contributed by atoms with van der Waals surface area (Å²) in [5.74, 6) is -0.252. The summed E-state index contributed by atoms with van der Waals surface area (Å²) in [7, 11) is 0. The number of H-pyrrole nitrogens is 1. The van der Waals surface area contributed by atoms with Crippen LogP contribution in [0.3, 0.4) is 0 Å². The zero-order valence-electron chi connectivity index (χ0n) is 11.1. The van der Waals surface area contributed by atoms with Crippen LogP contribution in [0.15, 0.2) is 36.4 Å². The highest BCUT2D eigenvalue weighted by Crippen LogP contribution is 2.14. The molecule has 0 atom stereocenters. The van der Waals surface area contributed by atoms with Gasteiger partial charge in [-0.2, -0.15) is 0 Å². The van der Waals surface area contributed by atoms with Gasteiger partial charge in [-0.05, 0) is 29.0 Å². The van der Waals surface area contributed by atoms with Crippen molar-refractivity contribution in [2.45, 2.75) is 13.8 Å². The van der Waals surface area contributed by atoms with E-state index < -0.39 is 0 Å². The number of rotatable bonds is 3. The number of aromatic amines is 1. The third kappa shape index (κ3) is 1.82. The zero-order chi connectivity index (χ0) is 14.3. The molecule has 0 aliphatic rings. The predicted octanol–water partition coefficient (Wildman–Crippen LogP) is 1.34. The minimum atomic E-state index is -0.128. The van der Waals surface area contributed by atoms with Crippen LogP contribution in [0.4, 0.5) is 0 Å². The SMILES string of the molecule is CC(=O)c1cc(C(C)=O)n2[nH][n+](-c3ccccc3)nc12. The molecular formula is C14H13N4O2+. The van der Waals surface area contributed by atoms with E-state index >= 15 is 0 Å². The van der Waals surface area contributed by atoms with E-state index in [4.69, 9.17) is 0 Å². The van der Waals surface area contributed by atoms with Gasteiger partial charge in [0.25, 0.3) is 5.65 Å². The number of tetrazole rings is 1. The van der Waals surface area contributed by atoms with Gasteiger partial charge in [0, 0.05) is 13.0 Å². The lowest BCUT2D eigenvalue weighted by Gasteiger charge is -1.90. The molecule has 100 valence electrons. The second-order valence-corrected chi connectivity index (χ2v) is 4.56. The lowest BCUT2D eigenvalue weighted by atomic mass is 10.2. The lowest BCUT2D eigenvalue weighted by Crippen LogP contribution is -2.36. The van der Waals surface area contributed by atoms with Crippen LogP contribution in [0, 0.1) is 0 Å². The molecule has 1 N–H and O–H groups in total. The number of nitrogens with zero attached hydrogens (tertiary/aromatic N) is 3. The fourth-order valence-electron chi connectivity index (χ4n) is 2.11. The number of hydrogen-bond acceptors (Lipinski definition) is 3.